The molecule has 0 unspecified atom stereocenters. The van der Waals surface area contributed by atoms with E-state index in [9.17, 15) is 10.2 Å². The Morgan fingerprint density at radius 1 is 1.18 bits per heavy atom. The summed E-state index contributed by atoms with van der Waals surface area (Å²) in [6, 6.07) is 5.57. The zero-order chi connectivity index (χ0) is 19.9. The molecule has 7 atom stereocenters. The standard InChI is InChI=1S/C24H34FIO2/c1-24-14-20(25)23-18-8-7-17(27)13-16(18)12-15(6-4-2-3-5-11-26)22(23)19(24)9-10-21(24)28/h7-8,13,15,19-23,27-28H,2-6,9-12,14H2,1H3/t15-,19+,20+,21+,22+,23+,24+/m1/s1. The molecule has 2 N–H and O–H groups in total. The van der Waals surface area contributed by atoms with Crippen molar-refractivity contribution in [3.8, 4) is 5.75 Å². The zero-order valence-corrected chi connectivity index (χ0v) is 19.1. The van der Waals surface area contributed by atoms with Crippen molar-refractivity contribution in [2.75, 3.05) is 4.43 Å². The first-order valence-corrected chi connectivity index (χ1v) is 12.7. The molecule has 0 aromatic heterocycles. The second-order valence-electron chi connectivity index (χ2n) is 9.77. The van der Waals surface area contributed by atoms with E-state index >= 15 is 4.39 Å². The fraction of sp³-hybridized carbons (Fsp3) is 0.750. The summed E-state index contributed by atoms with van der Waals surface area (Å²) in [6.45, 7) is 2.14. The molecule has 0 amide bonds. The van der Waals surface area contributed by atoms with Crippen molar-refractivity contribution in [3.63, 3.8) is 0 Å². The normalized spacial score (nSPS) is 39.3. The van der Waals surface area contributed by atoms with Crippen LogP contribution in [0.4, 0.5) is 4.39 Å². The lowest BCUT2D eigenvalue weighted by molar-refractivity contribution is -0.0722. The Hall–Kier alpha value is -0.360. The van der Waals surface area contributed by atoms with Crippen LogP contribution in [0.25, 0.3) is 0 Å². The maximum Gasteiger partial charge on any atom is 0.115 e. The summed E-state index contributed by atoms with van der Waals surface area (Å²) in [5.41, 5.74) is 2.01. The molecule has 156 valence electrons. The third-order valence-electron chi connectivity index (χ3n) is 8.23. The number of phenolic OH excluding ortho intramolecular Hbond substituents is 1. The molecule has 0 heterocycles. The Bertz CT molecular complexity index is 695. The Morgan fingerprint density at radius 3 is 2.75 bits per heavy atom. The first-order valence-electron chi connectivity index (χ1n) is 11.2. The van der Waals surface area contributed by atoms with E-state index in [1.165, 1.54) is 30.1 Å². The summed E-state index contributed by atoms with van der Waals surface area (Å²) in [6.07, 6.45) is 8.20. The van der Waals surface area contributed by atoms with Gasteiger partial charge in [-0.25, -0.2) is 4.39 Å². The smallest absolute Gasteiger partial charge is 0.115 e. The van der Waals surface area contributed by atoms with Crippen LogP contribution in [0.1, 0.15) is 75.3 Å². The molecule has 0 bridgehead atoms. The van der Waals surface area contributed by atoms with Gasteiger partial charge < -0.3 is 10.2 Å². The van der Waals surface area contributed by atoms with Gasteiger partial charge in [-0.1, -0.05) is 54.8 Å². The van der Waals surface area contributed by atoms with E-state index < -0.39 is 6.17 Å². The Labute approximate surface area is 182 Å². The number of hydrogen-bond donors (Lipinski definition) is 2. The number of alkyl halides is 2. The third-order valence-corrected chi connectivity index (χ3v) is 9.00. The summed E-state index contributed by atoms with van der Waals surface area (Å²) in [4.78, 5) is 0. The number of hydrogen-bond acceptors (Lipinski definition) is 2. The number of benzene rings is 1. The van der Waals surface area contributed by atoms with Gasteiger partial charge in [0.05, 0.1) is 6.10 Å². The van der Waals surface area contributed by atoms with Crippen LogP contribution in [-0.4, -0.2) is 26.9 Å². The van der Waals surface area contributed by atoms with Gasteiger partial charge in [-0.3, -0.25) is 0 Å². The van der Waals surface area contributed by atoms with Crippen molar-refractivity contribution < 1.29 is 14.6 Å². The monoisotopic (exact) mass is 500 g/mol. The van der Waals surface area contributed by atoms with Crippen molar-refractivity contribution in [3.05, 3.63) is 29.3 Å². The van der Waals surface area contributed by atoms with Gasteiger partial charge in [-0.2, -0.15) is 0 Å². The molecule has 0 radical (unpaired) electrons. The van der Waals surface area contributed by atoms with Crippen molar-refractivity contribution in [1.82, 2.24) is 0 Å². The molecule has 4 rings (SSSR count). The molecular formula is C24H34FIO2. The van der Waals surface area contributed by atoms with E-state index in [1.807, 2.05) is 12.1 Å². The van der Waals surface area contributed by atoms with Crippen molar-refractivity contribution in [2.24, 2.45) is 23.2 Å². The fourth-order valence-corrected chi connectivity index (χ4v) is 7.43. The second kappa shape index (κ2) is 8.41. The maximum absolute atomic E-state index is 15.6. The molecule has 0 saturated heterocycles. The van der Waals surface area contributed by atoms with E-state index in [4.69, 9.17) is 0 Å². The lowest BCUT2D eigenvalue weighted by atomic mass is 9.51. The van der Waals surface area contributed by atoms with E-state index in [0.29, 0.717) is 29.9 Å². The Kier molecular flexibility index (Phi) is 6.27. The number of unbranched alkanes of at least 4 members (excludes halogenated alkanes) is 3. The van der Waals surface area contributed by atoms with Gasteiger partial charge in [-0.15, -0.1) is 0 Å². The average Bonchev–Trinajstić information content (AvgIpc) is 2.95. The summed E-state index contributed by atoms with van der Waals surface area (Å²) in [5.74, 6) is 1.44. The molecular weight excluding hydrogens is 466 g/mol. The number of fused-ring (bicyclic) bond motifs is 5. The molecule has 4 heteroatoms. The minimum Gasteiger partial charge on any atom is -0.508 e. The van der Waals surface area contributed by atoms with Crippen LogP contribution in [0.2, 0.25) is 0 Å². The predicted molar refractivity (Wildman–Crippen MR) is 120 cm³/mol. The summed E-state index contributed by atoms with van der Waals surface area (Å²) in [7, 11) is 0. The van der Waals surface area contributed by atoms with E-state index in [2.05, 4.69) is 29.5 Å². The van der Waals surface area contributed by atoms with Crippen LogP contribution in [0, 0.1) is 23.2 Å². The van der Waals surface area contributed by atoms with Crippen LogP contribution in [0.5, 0.6) is 5.75 Å². The SMILES string of the molecule is C[C@]12C[C@H](F)[C@@H]3c4ccc(O)cc4C[C@@H](CCCCCCI)[C@H]3[C@@H]1CC[C@@H]2O. The number of aliphatic hydroxyl groups excluding tert-OH is 1. The number of rotatable bonds is 6. The quantitative estimate of drug-likeness (QED) is 0.279. The van der Waals surface area contributed by atoms with Gasteiger partial charge in [-0.05, 0) is 89.4 Å². The van der Waals surface area contributed by atoms with Gasteiger partial charge in [0.15, 0.2) is 0 Å². The van der Waals surface area contributed by atoms with Crippen LogP contribution in [0.3, 0.4) is 0 Å². The first kappa shape index (κ1) is 20.9. The van der Waals surface area contributed by atoms with Gasteiger partial charge in [0, 0.05) is 5.92 Å². The van der Waals surface area contributed by atoms with Crippen molar-refractivity contribution in [2.45, 2.75) is 82.9 Å². The van der Waals surface area contributed by atoms with E-state index in [1.54, 1.807) is 6.07 Å². The third kappa shape index (κ3) is 3.61. The van der Waals surface area contributed by atoms with Crippen LogP contribution < -0.4 is 0 Å². The van der Waals surface area contributed by atoms with E-state index in [0.717, 1.165) is 36.8 Å². The highest BCUT2D eigenvalue weighted by Gasteiger charge is 2.59. The molecule has 2 nitrogen and oxygen atoms in total. The average molecular weight is 500 g/mol. The zero-order valence-electron chi connectivity index (χ0n) is 16.9. The molecule has 1 aromatic carbocycles. The van der Waals surface area contributed by atoms with Crippen LogP contribution in [0.15, 0.2) is 18.2 Å². The topological polar surface area (TPSA) is 40.5 Å². The van der Waals surface area contributed by atoms with Gasteiger partial charge >= 0.3 is 0 Å². The minimum atomic E-state index is -0.899. The number of aliphatic hydroxyl groups is 1. The molecule has 3 aliphatic rings. The second-order valence-corrected chi connectivity index (χ2v) is 10.8. The fourth-order valence-electron chi connectivity index (χ4n) is 6.89. The van der Waals surface area contributed by atoms with Crippen molar-refractivity contribution in [1.29, 1.82) is 0 Å². The van der Waals surface area contributed by atoms with Gasteiger partial charge in [0.25, 0.3) is 0 Å². The first-order chi connectivity index (χ1) is 13.5. The summed E-state index contributed by atoms with van der Waals surface area (Å²) < 4.78 is 16.9. The molecule has 0 spiro atoms. The predicted octanol–water partition coefficient (Wildman–Crippen LogP) is 6.17. The lowest BCUT2D eigenvalue weighted by Gasteiger charge is -2.54. The highest BCUT2D eigenvalue weighted by molar-refractivity contribution is 14.1. The highest BCUT2D eigenvalue weighted by Crippen LogP contribution is 2.63. The maximum atomic E-state index is 15.6. The minimum absolute atomic E-state index is 0.0629. The molecule has 1 aromatic rings. The molecule has 2 saturated carbocycles. The number of phenols is 1. The van der Waals surface area contributed by atoms with Gasteiger partial charge in [0.1, 0.15) is 11.9 Å². The van der Waals surface area contributed by atoms with Crippen LogP contribution in [-0.2, 0) is 6.42 Å². The highest BCUT2D eigenvalue weighted by atomic mass is 127. The van der Waals surface area contributed by atoms with E-state index in [-0.39, 0.29) is 17.4 Å². The van der Waals surface area contributed by atoms with Gasteiger partial charge in [0.2, 0.25) is 0 Å². The number of aromatic hydroxyl groups is 1. The Morgan fingerprint density at radius 2 is 1.96 bits per heavy atom. The largest absolute Gasteiger partial charge is 0.508 e. The summed E-state index contributed by atoms with van der Waals surface area (Å²) in [5, 5.41) is 20.7. The molecule has 28 heavy (non-hydrogen) atoms. The Balaban J connectivity index is 1.64. The van der Waals surface area contributed by atoms with Crippen molar-refractivity contribution >= 4 is 22.6 Å². The van der Waals surface area contributed by atoms with Crippen LogP contribution >= 0.6 is 22.6 Å². The lowest BCUT2D eigenvalue weighted by Crippen LogP contribution is -2.51. The molecule has 2 fully saturated rings. The molecule has 3 aliphatic carbocycles. The number of halogens is 2. The summed E-state index contributed by atoms with van der Waals surface area (Å²) >= 11 is 2.44. The molecule has 0 aliphatic heterocycles.